The SMILES string of the molecule is CC#N.CC(C)(C)c1ccc(S(=O)(=O)Cl)cc1.CC(C)(C)c1ccc(S(=O)(=O)N=C2C(=C([O-])[O-])Sc3ccc(F)cc32)cc1.CC(C)(C)c1ccc(S(=O)(=O)Nc2c(C(=O)O)sc3ccc(F)cc23)cc1.COC(=O)c1sc2ccc(F)cc2c1N.COC(=O)c1sc2ccc(F)cc2c1NS(=O)(=O)c1ccc(C(C)(C)C)cc1.[Na+].[Na+]. The van der Waals surface area contributed by atoms with Gasteiger partial charge >= 0.3 is 77.0 Å². The number of fused-ring (bicyclic) bond motifs is 4. The third-order valence-corrected chi connectivity index (χ3v) is 26.5. The van der Waals surface area contributed by atoms with E-state index < -0.39 is 80.4 Å². The van der Waals surface area contributed by atoms with Crippen molar-refractivity contribution < 1.29 is 150 Å². The fourth-order valence-electron chi connectivity index (χ4n) is 10.4. The van der Waals surface area contributed by atoms with E-state index in [0.717, 1.165) is 73.5 Å². The number of carbonyl (C=O) groups excluding carboxylic acids is 2. The number of nitrogens with two attached hydrogens (primary N) is 1. The molecule has 0 bridgehead atoms. The molecule has 21 nitrogen and oxygen atoms in total. The molecule has 0 amide bonds. The van der Waals surface area contributed by atoms with E-state index in [4.69, 9.17) is 26.4 Å². The molecule has 3 aromatic heterocycles. The van der Waals surface area contributed by atoms with Crippen molar-refractivity contribution in [2.24, 2.45) is 4.40 Å². The Morgan fingerprint density at radius 2 is 0.802 bits per heavy atom. The first kappa shape index (κ1) is 98.7. The van der Waals surface area contributed by atoms with Crippen molar-refractivity contribution in [1.29, 1.82) is 5.26 Å². The number of allylic oxidation sites excluding steroid dienone is 1. The number of sulfonamides is 3. The van der Waals surface area contributed by atoms with Crippen molar-refractivity contribution in [1.82, 2.24) is 0 Å². The van der Waals surface area contributed by atoms with Gasteiger partial charge in [-0.15, -0.1) is 34.0 Å². The number of thiophene rings is 3. The second-order valence-electron chi connectivity index (χ2n) is 28.9. The van der Waals surface area contributed by atoms with Gasteiger partial charge in [-0.25, -0.2) is 57.2 Å². The topological polar surface area (TPSA) is 359 Å². The number of nitrogens with zero attached hydrogens (tertiary/aromatic N) is 2. The van der Waals surface area contributed by atoms with Crippen LogP contribution in [0.25, 0.3) is 30.3 Å². The number of anilines is 3. The van der Waals surface area contributed by atoms with Gasteiger partial charge in [-0.2, -0.15) is 24.0 Å². The number of benzene rings is 8. The maximum absolute atomic E-state index is 13.7. The second-order valence-corrected chi connectivity index (χ2v) is 40.7. The average molecular weight is 1780 g/mol. The second kappa shape index (κ2) is 39.8. The van der Waals surface area contributed by atoms with Gasteiger partial charge in [0.25, 0.3) is 39.1 Å². The number of hydrogen-bond acceptors (Lipinski definition) is 21. The molecule has 116 heavy (non-hydrogen) atoms. The third-order valence-electron chi connectivity index (χ3n) is 16.5. The molecule has 11 aromatic rings. The molecule has 0 atom stereocenters. The Hall–Kier alpha value is -7.89. The van der Waals surface area contributed by atoms with Gasteiger partial charge in [0, 0.05) is 63.2 Å². The number of carboxylic acid groups (broad SMARTS) is 1. The summed E-state index contributed by atoms with van der Waals surface area (Å²) >= 11 is 3.92. The van der Waals surface area contributed by atoms with Crippen molar-refractivity contribution in [3.63, 3.8) is 0 Å². The van der Waals surface area contributed by atoms with Gasteiger partial charge in [0.2, 0.25) is 0 Å². The van der Waals surface area contributed by atoms with E-state index in [0.29, 0.717) is 29.9 Å². The number of methoxy groups -OCH3 is 2. The standard InChI is InChI=1S/C20H20FNO4S2.2C19H18FNO4S2.C10H13ClO2S.C10H8FNO2S.C2H3N.2Na/c1-20(2,3)12-5-8-14(9-6-12)28(24,25)22-17-15-11-13(21)7-10-16(15)27-18(17)19(23)26-4;2*1-19(2,3)11-4-7-13(8-5-11)27(24,25)21-16-14-10-12(20)6-9-15(14)26-17(16)18(22)23;1-10(2,3)8-4-6-9(7-5-8)14(11,12)13;1-14-10(13)9-8(12)6-4-5(11)2-3-7(6)15-9;1-2-3;;/h5-11,22H,1-4H3;4-10,22-23H,1-3H3;4-10,21H,1-3H3,(H,22,23);4-7H,1-3H3;2-4H,12H2,1H3;1H3;;/q;;;;;;2*+1/p-2. The third kappa shape index (κ3) is 25.3. The van der Waals surface area contributed by atoms with E-state index in [1.54, 1.807) is 60.7 Å². The van der Waals surface area contributed by atoms with E-state index in [-0.39, 0.29) is 155 Å². The van der Waals surface area contributed by atoms with Gasteiger partial charge in [-0.05, 0) is 165 Å². The quantitative estimate of drug-likeness (QED) is 0.0290. The predicted octanol–water partition coefficient (Wildman–Crippen LogP) is 11.9. The van der Waals surface area contributed by atoms with E-state index >= 15 is 0 Å². The van der Waals surface area contributed by atoms with Gasteiger partial charge in [0.1, 0.15) is 37.9 Å². The molecule has 8 aromatic carbocycles. The maximum Gasteiger partial charge on any atom is 1.00 e. The van der Waals surface area contributed by atoms with Gasteiger partial charge in [0.05, 0.1) is 62.6 Å². The molecule has 0 aliphatic carbocycles. The van der Waals surface area contributed by atoms with Crippen LogP contribution in [-0.4, -0.2) is 76.6 Å². The molecule has 0 spiro atoms. The zero-order valence-corrected chi connectivity index (χ0v) is 77.2. The minimum absolute atomic E-state index is 0. The minimum atomic E-state index is -4.19. The maximum atomic E-state index is 13.7. The smallest absolute Gasteiger partial charge is 0.883 e. The van der Waals surface area contributed by atoms with Gasteiger partial charge < -0.3 is 30.5 Å². The summed E-state index contributed by atoms with van der Waals surface area (Å²) in [6.07, 6.45) is 0. The van der Waals surface area contributed by atoms with Gasteiger partial charge in [0.15, 0.2) is 0 Å². The van der Waals surface area contributed by atoms with Crippen LogP contribution in [0.1, 0.15) is 147 Å². The Kier molecular flexibility index (Phi) is 33.8. The summed E-state index contributed by atoms with van der Waals surface area (Å²) in [6, 6.07) is 43.1. The molecular weight excluding hydrogens is 1700 g/mol. The number of esters is 2. The molecule has 1 aliphatic rings. The molecule has 12 rings (SSSR count). The average Bonchev–Trinajstić information content (AvgIpc) is 1.62. The number of hydrogen-bond donors (Lipinski definition) is 4. The molecule has 604 valence electrons. The number of carboxylic acids is 1. The minimum Gasteiger partial charge on any atom is -0.883 e. The van der Waals surface area contributed by atoms with Gasteiger partial charge in [-0.1, -0.05) is 143 Å². The molecule has 4 heterocycles. The molecule has 0 saturated heterocycles. The van der Waals surface area contributed by atoms with Crippen LogP contribution in [0.3, 0.4) is 0 Å². The fraction of sp³-hybridized carbons (Fsp3) is 0.237. The Morgan fingerprint density at radius 3 is 1.16 bits per heavy atom. The molecule has 36 heteroatoms. The summed E-state index contributed by atoms with van der Waals surface area (Å²) in [5, 5.41) is 40.6. The van der Waals surface area contributed by atoms with Crippen LogP contribution in [-0.2, 0) is 70.3 Å². The van der Waals surface area contributed by atoms with Crippen LogP contribution < -0.4 is 84.5 Å². The van der Waals surface area contributed by atoms with E-state index in [2.05, 4.69) is 39.3 Å². The normalized spacial score (nSPS) is 12.5. The number of rotatable bonds is 12. The van der Waals surface area contributed by atoms with Crippen LogP contribution in [0, 0.1) is 34.6 Å². The Labute approximate surface area is 736 Å². The first-order valence-corrected chi connectivity index (χ1v) is 43.7. The Morgan fingerprint density at radius 1 is 0.491 bits per heavy atom. The zero-order valence-electron chi connectivity index (χ0n) is 65.9. The van der Waals surface area contributed by atoms with Crippen molar-refractivity contribution in [2.45, 2.75) is 136 Å². The number of thioether (sulfide) groups is 1. The molecule has 0 saturated carbocycles. The Balaban J connectivity index is 0.000000261. The molecule has 0 unspecified atom stereocenters. The van der Waals surface area contributed by atoms with E-state index in [1.165, 1.54) is 136 Å². The van der Waals surface area contributed by atoms with Crippen LogP contribution in [0.4, 0.5) is 34.6 Å². The van der Waals surface area contributed by atoms with Crippen LogP contribution in [0.5, 0.6) is 0 Å². The Bertz CT molecular complexity index is 6050. The number of nitrogens with one attached hydrogen (secondary N) is 2. The molecular formula is C80H78ClF4N5Na2O16S8. The molecule has 0 radical (unpaired) electrons. The van der Waals surface area contributed by atoms with Crippen molar-refractivity contribution in [2.75, 3.05) is 29.4 Å². The van der Waals surface area contributed by atoms with E-state index in [9.17, 15) is 80.9 Å². The number of aromatic carboxylic acids is 1. The predicted molar refractivity (Wildman–Crippen MR) is 439 cm³/mol. The zero-order chi connectivity index (χ0) is 85.3. The van der Waals surface area contributed by atoms with Gasteiger partial charge in [-0.3, -0.25) is 9.44 Å². The molecule has 5 N–H and O–H groups in total. The number of ether oxygens (including phenoxy) is 2. The summed E-state index contributed by atoms with van der Waals surface area (Å²) in [5.41, 5.74) is 9.32. The van der Waals surface area contributed by atoms with Crippen molar-refractivity contribution in [3.05, 3.63) is 246 Å². The summed E-state index contributed by atoms with van der Waals surface area (Å²) in [4.78, 5) is 35.3. The van der Waals surface area contributed by atoms with Crippen LogP contribution in [0.2, 0.25) is 0 Å². The van der Waals surface area contributed by atoms with Crippen molar-refractivity contribution in [3.8, 4) is 6.07 Å². The largest absolute Gasteiger partial charge is 1.00 e. The number of carbonyl (C=O) groups is 3. The molecule has 1 aliphatic heterocycles. The monoisotopic (exact) mass is 1780 g/mol. The summed E-state index contributed by atoms with van der Waals surface area (Å²) in [7, 11) is -8.12. The number of halogens is 5. The number of nitrogen functional groups attached to an aromatic ring is 1. The van der Waals surface area contributed by atoms with Crippen LogP contribution >= 0.6 is 56.5 Å². The first-order valence-electron chi connectivity index (χ1n) is 33.7. The first-order chi connectivity index (χ1) is 52.8. The van der Waals surface area contributed by atoms with Crippen LogP contribution in [0.15, 0.2) is 210 Å². The summed E-state index contributed by atoms with van der Waals surface area (Å²) in [6.45, 7) is 25.8. The molecule has 0 fully saturated rings. The fourth-order valence-corrected chi connectivity index (χ4v) is 18.6. The van der Waals surface area contributed by atoms with Crippen molar-refractivity contribution >= 4 is 167 Å². The summed E-state index contributed by atoms with van der Waals surface area (Å²) < 4.78 is 172. The summed E-state index contributed by atoms with van der Waals surface area (Å²) in [5.74, 6) is -6.12. The number of nitriles is 1. The van der Waals surface area contributed by atoms with E-state index in [1.807, 2.05) is 62.3 Å².